The molecule has 0 radical (unpaired) electrons. The highest BCUT2D eigenvalue weighted by Crippen LogP contribution is 2.16. The summed E-state index contributed by atoms with van der Waals surface area (Å²) in [6.07, 6.45) is 8.32. The molecule has 3 heterocycles. The number of ether oxygens (including phenoxy) is 1. The van der Waals surface area contributed by atoms with Gasteiger partial charge in [0.05, 0.1) is 18.1 Å². The first-order chi connectivity index (χ1) is 11.3. The molecule has 1 atom stereocenters. The topological polar surface area (TPSA) is 38.5 Å². The predicted molar refractivity (Wildman–Crippen MR) is 90.8 cm³/mol. The minimum atomic E-state index is 0.343. The normalized spacial score (nSPS) is 18.7. The molecule has 0 amide bonds. The highest BCUT2D eigenvalue weighted by molar-refractivity contribution is 5.46. The summed E-state index contributed by atoms with van der Waals surface area (Å²) in [5.41, 5.74) is 2.37. The summed E-state index contributed by atoms with van der Waals surface area (Å²) in [5.74, 6) is 0.900. The van der Waals surface area contributed by atoms with Gasteiger partial charge in [0.2, 0.25) is 0 Å². The quantitative estimate of drug-likeness (QED) is 0.780. The molecular weight excluding hydrogens is 288 g/mol. The van der Waals surface area contributed by atoms with Gasteiger partial charge in [-0.1, -0.05) is 11.6 Å². The lowest BCUT2D eigenvalue weighted by Crippen LogP contribution is -2.33. The molecule has 0 saturated carbocycles. The summed E-state index contributed by atoms with van der Waals surface area (Å²) < 4.78 is 11.2. The van der Waals surface area contributed by atoms with Crippen LogP contribution in [0.1, 0.15) is 31.2 Å². The maximum absolute atomic E-state index is 5.81. The largest absolute Gasteiger partial charge is 0.465 e. The number of rotatable bonds is 7. The number of hydrogen-bond donors (Lipinski definition) is 0. The average Bonchev–Trinajstić information content (AvgIpc) is 3.22. The fraction of sp³-hybridized carbons (Fsp3) is 0.421. The SMILES string of the molecule is C/C(=C\c1ccco1)CN(Cc1ccccn1)CC1CCCO1. The zero-order chi connectivity index (χ0) is 15.9. The number of hydrogen-bond acceptors (Lipinski definition) is 4. The first-order valence-electron chi connectivity index (χ1n) is 8.24. The van der Waals surface area contributed by atoms with Gasteiger partial charge in [-0.05, 0) is 50.1 Å². The van der Waals surface area contributed by atoms with E-state index in [0.717, 1.165) is 44.1 Å². The van der Waals surface area contributed by atoms with Crippen molar-refractivity contribution in [2.75, 3.05) is 19.7 Å². The van der Waals surface area contributed by atoms with E-state index in [1.165, 1.54) is 12.0 Å². The molecule has 1 unspecified atom stereocenters. The Morgan fingerprint density at radius 2 is 2.30 bits per heavy atom. The van der Waals surface area contributed by atoms with Crippen LogP contribution in [-0.2, 0) is 11.3 Å². The van der Waals surface area contributed by atoms with Gasteiger partial charge >= 0.3 is 0 Å². The van der Waals surface area contributed by atoms with Crippen LogP contribution >= 0.6 is 0 Å². The number of aromatic nitrogens is 1. The maximum Gasteiger partial charge on any atom is 0.126 e. The average molecular weight is 312 g/mol. The lowest BCUT2D eigenvalue weighted by atomic mass is 10.2. The van der Waals surface area contributed by atoms with Gasteiger partial charge in [0.15, 0.2) is 0 Å². The Labute approximate surface area is 137 Å². The van der Waals surface area contributed by atoms with Crippen molar-refractivity contribution in [2.24, 2.45) is 0 Å². The van der Waals surface area contributed by atoms with E-state index in [1.54, 1.807) is 6.26 Å². The standard InChI is InChI=1S/C19H24N2O2/c1-16(12-18-7-4-10-22-18)13-21(15-19-8-5-11-23-19)14-17-6-2-3-9-20-17/h2-4,6-7,9-10,12,19H,5,8,11,13-15H2,1H3/b16-12+. The summed E-state index contributed by atoms with van der Waals surface area (Å²) in [6.45, 7) is 5.70. The molecule has 1 fully saturated rings. The predicted octanol–water partition coefficient (Wildman–Crippen LogP) is 3.76. The van der Waals surface area contributed by atoms with Gasteiger partial charge in [-0.2, -0.15) is 0 Å². The zero-order valence-electron chi connectivity index (χ0n) is 13.6. The van der Waals surface area contributed by atoms with Crippen LogP contribution in [0.15, 0.2) is 52.8 Å². The second-order valence-electron chi connectivity index (χ2n) is 6.13. The number of pyridine rings is 1. The summed E-state index contributed by atoms with van der Waals surface area (Å²) in [7, 11) is 0. The van der Waals surface area contributed by atoms with Crippen LogP contribution < -0.4 is 0 Å². The molecule has 4 nitrogen and oxygen atoms in total. The fourth-order valence-electron chi connectivity index (χ4n) is 3.00. The molecular formula is C19H24N2O2. The Morgan fingerprint density at radius 1 is 1.35 bits per heavy atom. The third-order valence-electron chi connectivity index (χ3n) is 4.00. The highest BCUT2D eigenvalue weighted by atomic mass is 16.5. The van der Waals surface area contributed by atoms with Crippen molar-refractivity contribution in [3.05, 3.63) is 59.8 Å². The first-order valence-corrected chi connectivity index (χ1v) is 8.24. The van der Waals surface area contributed by atoms with E-state index in [1.807, 2.05) is 30.5 Å². The molecule has 4 heteroatoms. The minimum Gasteiger partial charge on any atom is -0.465 e. The molecule has 0 aromatic carbocycles. The fourth-order valence-corrected chi connectivity index (χ4v) is 3.00. The Morgan fingerprint density at radius 3 is 3.00 bits per heavy atom. The molecule has 2 aromatic heterocycles. The lowest BCUT2D eigenvalue weighted by Gasteiger charge is -2.25. The second-order valence-corrected chi connectivity index (χ2v) is 6.13. The van der Waals surface area contributed by atoms with E-state index in [-0.39, 0.29) is 0 Å². The van der Waals surface area contributed by atoms with E-state index in [0.29, 0.717) is 6.10 Å². The number of furan rings is 1. The van der Waals surface area contributed by atoms with Gasteiger partial charge in [0.1, 0.15) is 5.76 Å². The van der Waals surface area contributed by atoms with Gasteiger partial charge in [-0.3, -0.25) is 9.88 Å². The summed E-state index contributed by atoms with van der Waals surface area (Å²) in [5, 5.41) is 0. The van der Waals surface area contributed by atoms with Gasteiger partial charge in [-0.25, -0.2) is 0 Å². The first kappa shape index (κ1) is 16.0. The minimum absolute atomic E-state index is 0.343. The van der Waals surface area contributed by atoms with Crippen LogP contribution in [-0.4, -0.2) is 35.7 Å². The van der Waals surface area contributed by atoms with Gasteiger partial charge in [-0.15, -0.1) is 0 Å². The van der Waals surface area contributed by atoms with Crippen LogP contribution in [0.3, 0.4) is 0 Å². The van der Waals surface area contributed by atoms with Crippen LogP contribution in [0.2, 0.25) is 0 Å². The molecule has 2 aromatic rings. The summed E-state index contributed by atoms with van der Waals surface area (Å²) >= 11 is 0. The summed E-state index contributed by atoms with van der Waals surface area (Å²) in [4.78, 5) is 6.87. The van der Waals surface area contributed by atoms with E-state index in [2.05, 4.69) is 29.0 Å². The Bertz CT molecular complexity index is 602. The van der Waals surface area contributed by atoms with Gasteiger partial charge < -0.3 is 9.15 Å². The molecule has 1 aliphatic heterocycles. The second kappa shape index (κ2) is 8.09. The summed E-state index contributed by atoms with van der Waals surface area (Å²) in [6, 6.07) is 9.96. The Kier molecular flexibility index (Phi) is 5.61. The van der Waals surface area contributed by atoms with Crippen LogP contribution in [0, 0.1) is 0 Å². The third-order valence-corrected chi connectivity index (χ3v) is 4.00. The van der Waals surface area contributed by atoms with E-state index >= 15 is 0 Å². The van der Waals surface area contributed by atoms with Crippen molar-refractivity contribution >= 4 is 6.08 Å². The van der Waals surface area contributed by atoms with E-state index < -0.39 is 0 Å². The number of nitrogens with zero attached hydrogens (tertiary/aromatic N) is 2. The van der Waals surface area contributed by atoms with Crippen molar-refractivity contribution in [2.45, 2.75) is 32.4 Å². The van der Waals surface area contributed by atoms with E-state index in [4.69, 9.17) is 9.15 Å². The van der Waals surface area contributed by atoms with Gasteiger partial charge in [0.25, 0.3) is 0 Å². The van der Waals surface area contributed by atoms with Crippen molar-refractivity contribution < 1.29 is 9.15 Å². The Hall–Kier alpha value is -1.91. The lowest BCUT2D eigenvalue weighted by molar-refractivity contribution is 0.0735. The molecule has 0 bridgehead atoms. The van der Waals surface area contributed by atoms with Gasteiger partial charge in [0, 0.05) is 32.4 Å². The smallest absolute Gasteiger partial charge is 0.126 e. The monoisotopic (exact) mass is 312 g/mol. The van der Waals surface area contributed by atoms with Crippen molar-refractivity contribution in [1.82, 2.24) is 9.88 Å². The molecule has 23 heavy (non-hydrogen) atoms. The molecule has 0 aliphatic carbocycles. The van der Waals surface area contributed by atoms with Crippen molar-refractivity contribution in [3.63, 3.8) is 0 Å². The molecule has 3 rings (SSSR count). The van der Waals surface area contributed by atoms with Crippen LogP contribution in [0.4, 0.5) is 0 Å². The molecule has 0 N–H and O–H groups in total. The van der Waals surface area contributed by atoms with Crippen LogP contribution in [0.5, 0.6) is 0 Å². The molecule has 1 saturated heterocycles. The Balaban J connectivity index is 1.66. The third kappa shape index (κ3) is 5.05. The maximum atomic E-state index is 5.81. The highest BCUT2D eigenvalue weighted by Gasteiger charge is 2.19. The zero-order valence-corrected chi connectivity index (χ0v) is 13.6. The molecule has 122 valence electrons. The van der Waals surface area contributed by atoms with Crippen LogP contribution in [0.25, 0.3) is 6.08 Å². The van der Waals surface area contributed by atoms with Crippen molar-refractivity contribution in [1.29, 1.82) is 0 Å². The van der Waals surface area contributed by atoms with Crippen molar-refractivity contribution in [3.8, 4) is 0 Å². The molecule has 0 spiro atoms. The molecule has 1 aliphatic rings. The van der Waals surface area contributed by atoms with E-state index in [9.17, 15) is 0 Å².